The number of nitrogens with two attached hydrogens (primary N) is 1. The van der Waals surface area contributed by atoms with Crippen molar-refractivity contribution in [2.75, 3.05) is 0 Å². The van der Waals surface area contributed by atoms with E-state index in [1.165, 1.54) is 6.26 Å². The number of aromatic nitrogens is 1. The summed E-state index contributed by atoms with van der Waals surface area (Å²) in [7, 11) is 0. The molecule has 0 fully saturated rings. The van der Waals surface area contributed by atoms with E-state index in [-0.39, 0.29) is 0 Å². The molecule has 1 heterocycles. The number of benzene rings is 1. The summed E-state index contributed by atoms with van der Waals surface area (Å²) in [6, 6.07) is 5.14. The molecule has 0 atom stereocenters. The van der Waals surface area contributed by atoms with Crippen LogP contribution in [0, 0.1) is 0 Å². The third-order valence-corrected chi connectivity index (χ3v) is 2.47. The zero-order valence-electron chi connectivity index (χ0n) is 7.71. The van der Waals surface area contributed by atoms with Crippen LogP contribution in [0.25, 0.3) is 11.5 Å². The molecular formula is C10H8Cl2N2O. The summed E-state index contributed by atoms with van der Waals surface area (Å²) >= 11 is 11.8. The molecule has 0 amide bonds. The summed E-state index contributed by atoms with van der Waals surface area (Å²) in [4.78, 5) is 4.17. The van der Waals surface area contributed by atoms with Crippen LogP contribution >= 0.6 is 23.2 Å². The van der Waals surface area contributed by atoms with Crippen molar-refractivity contribution in [2.24, 2.45) is 5.73 Å². The van der Waals surface area contributed by atoms with E-state index in [0.717, 1.165) is 0 Å². The van der Waals surface area contributed by atoms with Gasteiger partial charge in [-0.3, -0.25) is 0 Å². The molecule has 1 aromatic carbocycles. The topological polar surface area (TPSA) is 52.0 Å². The highest BCUT2D eigenvalue weighted by Crippen LogP contribution is 2.29. The Morgan fingerprint density at radius 2 is 2.13 bits per heavy atom. The molecule has 2 rings (SSSR count). The molecule has 1 aromatic heterocycles. The Morgan fingerprint density at radius 1 is 1.33 bits per heavy atom. The van der Waals surface area contributed by atoms with Gasteiger partial charge >= 0.3 is 0 Å². The maximum absolute atomic E-state index is 6.00. The summed E-state index contributed by atoms with van der Waals surface area (Å²) in [5.74, 6) is 0.456. The molecule has 78 valence electrons. The van der Waals surface area contributed by atoms with Crippen LogP contribution in [0.2, 0.25) is 10.0 Å². The van der Waals surface area contributed by atoms with Gasteiger partial charge in [0.15, 0.2) is 0 Å². The van der Waals surface area contributed by atoms with Gasteiger partial charge in [0, 0.05) is 11.6 Å². The first-order valence-corrected chi connectivity index (χ1v) is 5.06. The molecule has 0 saturated carbocycles. The number of rotatable bonds is 2. The van der Waals surface area contributed by atoms with Gasteiger partial charge in [-0.2, -0.15) is 0 Å². The Balaban J connectivity index is 2.44. The fourth-order valence-electron chi connectivity index (χ4n) is 1.19. The van der Waals surface area contributed by atoms with E-state index in [4.69, 9.17) is 33.4 Å². The van der Waals surface area contributed by atoms with Crippen LogP contribution in [-0.2, 0) is 6.54 Å². The second kappa shape index (κ2) is 4.23. The second-order valence-corrected chi connectivity index (χ2v) is 3.82. The molecule has 5 heteroatoms. The van der Waals surface area contributed by atoms with Gasteiger partial charge in [0.1, 0.15) is 6.26 Å². The lowest BCUT2D eigenvalue weighted by Crippen LogP contribution is -1.95. The lowest BCUT2D eigenvalue weighted by molar-refractivity contribution is 0.572. The highest BCUT2D eigenvalue weighted by atomic mass is 35.5. The van der Waals surface area contributed by atoms with Gasteiger partial charge in [-0.1, -0.05) is 23.2 Å². The molecule has 0 aliphatic rings. The average Bonchev–Trinajstić information content (AvgIpc) is 2.66. The normalized spacial score (nSPS) is 10.6. The molecule has 0 spiro atoms. The summed E-state index contributed by atoms with van der Waals surface area (Å²) in [5.41, 5.74) is 6.83. The average molecular weight is 243 g/mol. The molecule has 15 heavy (non-hydrogen) atoms. The van der Waals surface area contributed by atoms with E-state index in [0.29, 0.717) is 33.7 Å². The number of nitrogens with zero attached hydrogens (tertiary/aromatic N) is 1. The van der Waals surface area contributed by atoms with E-state index < -0.39 is 0 Å². The molecule has 0 unspecified atom stereocenters. The SMILES string of the molecule is NCc1coc(-c2ccc(Cl)cc2Cl)n1. The molecule has 3 nitrogen and oxygen atoms in total. The predicted octanol–water partition coefficient (Wildman–Crippen LogP) is 3.11. The van der Waals surface area contributed by atoms with Gasteiger partial charge in [0.2, 0.25) is 5.89 Å². The van der Waals surface area contributed by atoms with E-state index in [9.17, 15) is 0 Å². The summed E-state index contributed by atoms with van der Waals surface area (Å²) in [6.45, 7) is 0.342. The summed E-state index contributed by atoms with van der Waals surface area (Å²) in [6.07, 6.45) is 1.51. The van der Waals surface area contributed by atoms with Gasteiger partial charge in [-0.15, -0.1) is 0 Å². The van der Waals surface area contributed by atoms with Crippen molar-refractivity contribution in [1.82, 2.24) is 4.98 Å². The highest BCUT2D eigenvalue weighted by molar-refractivity contribution is 6.36. The number of hydrogen-bond donors (Lipinski definition) is 1. The Morgan fingerprint density at radius 3 is 2.73 bits per heavy atom. The van der Waals surface area contributed by atoms with Crippen molar-refractivity contribution in [3.8, 4) is 11.5 Å². The third kappa shape index (κ3) is 2.15. The number of halogens is 2. The predicted molar refractivity (Wildman–Crippen MR) is 59.9 cm³/mol. The molecule has 2 N–H and O–H groups in total. The van der Waals surface area contributed by atoms with E-state index in [1.807, 2.05) is 0 Å². The molecule has 0 bridgehead atoms. The minimum atomic E-state index is 0.342. The van der Waals surface area contributed by atoms with Crippen molar-refractivity contribution < 1.29 is 4.42 Å². The zero-order chi connectivity index (χ0) is 10.8. The van der Waals surface area contributed by atoms with Crippen LogP contribution in [0.5, 0.6) is 0 Å². The van der Waals surface area contributed by atoms with Gasteiger partial charge in [-0.25, -0.2) is 4.98 Å². The van der Waals surface area contributed by atoms with Crippen molar-refractivity contribution in [3.63, 3.8) is 0 Å². The number of hydrogen-bond acceptors (Lipinski definition) is 3. The van der Waals surface area contributed by atoms with Crippen LogP contribution in [0.15, 0.2) is 28.9 Å². The Hall–Kier alpha value is -1.03. The minimum Gasteiger partial charge on any atom is -0.444 e. The Bertz CT molecular complexity index is 482. The van der Waals surface area contributed by atoms with Gasteiger partial charge in [0.05, 0.1) is 16.3 Å². The van der Waals surface area contributed by atoms with Crippen LogP contribution in [0.1, 0.15) is 5.69 Å². The quantitative estimate of drug-likeness (QED) is 0.881. The molecule has 0 saturated heterocycles. The largest absolute Gasteiger partial charge is 0.444 e. The van der Waals surface area contributed by atoms with Crippen molar-refractivity contribution in [1.29, 1.82) is 0 Å². The first kappa shape index (κ1) is 10.5. The third-order valence-electron chi connectivity index (χ3n) is 1.92. The zero-order valence-corrected chi connectivity index (χ0v) is 9.22. The molecule has 0 radical (unpaired) electrons. The van der Waals surface area contributed by atoms with Crippen LogP contribution in [0.4, 0.5) is 0 Å². The molecule has 0 aliphatic heterocycles. The summed E-state index contributed by atoms with van der Waals surface area (Å²) < 4.78 is 5.24. The lowest BCUT2D eigenvalue weighted by atomic mass is 10.2. The van der Waals surface area contributed by atoms with Gasteiger partial charge in [0.25, 0.3) is 0 Å². The number of oxazole rings is 1. The first-order valence-electron chi connectivity index (χ1n) is 4.30. The molecular weight excluding hydrogens is 235 g/mol. The van der Waals surface area contributed by atoms with E-state index in [1.54, 1.807) is 18.2 Å². The van der Waals surface area contributed by atoms with Crippen LogP contribution in [0.3, 0.4) is 0 Å². The molecule has 0 aliphatic carbocycles. The Labute approximate surface area is 96.8 Å². The maximum atomic E-state index is 6.00. The first-order chi connectivity index (χ1) is 7.20. The van der Waals surface area contributed by atoms with Crippen molar-refractivity contribution >= 4 is 23.2 Å². The van der Waals surface area contributed by atoms with Crippen molar-refractivity contribution in [3.05, 3.63) is 40.2 Å². The van der Waals surface area contributed by atoms with Crippen molar-refractivity contribution in [2.45, 2.75) is 6.54 Å². The fourth-order valence-corrected chi connectivity index (χ4v) is 1.68. The molecule has 2 aromatic rings. The smallest absolute Gasteiger partial charge is 0.227 e. The monoisotopic (exact) mass is 242 g/mol. The standard InChI is InChI=1S/C10H8Cl2N2O/c11-6-1-2-8(9(12)3-6)10-14-7(4-13)5-15-10/h1-3,5H,4,13H2. The minimum absolute atomic E-state index is 0.342. The Kier molecular flexibility index (Phi) is 2.95. The van der Waals surface area contributed by atoms with Crippen LogP contribution < -0.4 is 5.73 Å². The van der Waals surface area contributed by atoms with Crippen LogP contribution in [-0.4, -0.2) is 4.98 Å². The highest BCUT2D eigenvalue weighted by Gasteiger charge is 2.09. The van der Waals surface area contributed by atoms with E-state index >= 15 is 0 Å². The second-order valence-electron chi connectivity index (χ2n) is 2.97. The summed E-state index contributed by atoms with van der Waals surface area (Å²) in [5, 5.41) is 1.09. The fraction of sp³-hybridized carbons (Fsp3) is 0.100. The maximum Gasteiger partial charge on any atom is 0.227 e. The van der Waals surface area contributed by atoms with Gasteiger partial charge in [-0.05, 0) is 18.2 Å². The lowest BCUT2D eigenvalue weighted by Gasteiger charge is -1.99. The van der Waals surface area contributed by atoms with E-state index in [2.05, 4.69) is 4.98 Å². The van der Waals surface area contributed by atoms with Gasteiger partial charge < -0.3 is 10.2 Å².